The van der Waals surface area contributed by atoms with Gasteiger partial charge in [0.15, 0.2) is 0 Å². The second-order valence-corrected chi connectivity index (χ2v) is 5.98. The van der Waals surface area contributed by atoms with E-state index in [4.69, 9.17) is 9.84 Å². The number of carbonyl (C=O) groups excluding carboxylic acids is 1. The number of nitrogens with one attached hydrogen (secondary N) is 1. The van der Waals surface area contributed by atoms with Gasteiger partial charge in [-0.2, -0.15) is 0 Å². The molecule has 0 aromatic heterocycles. The third kappa shape index (κ3) is 6.33. The van der Waals surface area contributed by atoms with Crippen LogP contribution in [0.2, 0.25) is 0 Å². The number of nitrogens with zero attached hydrogens (tertiary/aromatic N) is 1. The van der Waals surface area contributed by atoms with Crippen molar-refractivity contribution < 1.29 is 19.4 Å². The summed E-state index contributed by atoms with van der Waals surface area (Å²) >= 11 is 0. The SMILES string of the molecule is CC(CCCC(C)C(=O)O)NC(=O)N(C)C1CCOCC1. The first-order valence-electron chi connectivity index (χ1n) is 7.75. The summed E-state index contributed by atoms with van der Waals surface area (Å²) in [5.74, 6) is -1.08. The van der Waals surface area contributed by atoms with Crippen LogP contribution in [-0.2, 0) is 9.53 Å². The predicted molar refractivity (Wildman–Crippen MR) is 80.2 cm³/mol. The zero-order chi connectivity index (χ0) is 15.8. The first-order valence-corrected chi connectivity index (χ1v) is 7.75. The van der Waals surface area contributed by atoms with Gasteiger partial charge in [-0.05, 0) is 32.6 Å². The van der Waals surface area contributed by atoms with Gasteiger partial charge in [0, 0.05) is 32.3 Å². The highest BCUT2D eigenvalue weighted by Crippen LogP contribution is 2.14. The Kier molecular flexibility index (Phi) is 7.50. The lowest BCUT2D eigenvalue weighted by Gasteiger charge is -2.32. The van der Waals surface area contributed by atoms with Crippen molar-refractivity contribution in [3.63, 3.8) is 0 Å². The fourth-order valence-corrected chi connectivity index (χ4v) is 2.48. The number of hydrogen-bond acceptors (Lipinski definition) is 3. The van der Waals surface area contributed by atoms with Crippen molar-refractivity contribution in [2.75, 3.05) is 20.3 Å². The standard InChI is InChI=1S/C15H28N2O4/c1-11(14(18)19)5-4-6-12(2)16-15(20)17(3)13-7-9-21-10-8-13/h11-13H,4-10H2,1-3H3,(H,16,20)(H,18,19). The maximum atomic E-state index is 12.1. The van der Waals surface area contributed by atoms with Crippen LogP contribution in [0.25, 0.3) is 0 Å². The van der Waals surface area contributed by atoms with Gasteiger partial charge in [-0.25, -0.2) is 4.79 Å². The Morgan fingerprint density at radius 1 is 1.29 bits per heavy atom. The molecule has 2 atom stereocenters. The molecule has 6 heteroatoms. The van der Waals surface area contributed by atoms with Crippen LogP contribution in [0.4, 0.5) is 4.79 Å². The van der Waals surface area contributed by atoms with Gasteiger partial charge in [0.25, 0.3) is 0 Å². The monoisotopic (exact) mass is 300 g/mol. The summed E-state index contributed by atoms with van der Waals surface area (Å²) in [4.78, 5) is 24.6. The van der Waals surface area contributed by atoms with E-state index in [0.717, 1.165) is 25.7 Å². The molecule has 2 N–H and O–H groups in total. The summed E-state index contributed by atoms with van der Waals surface area (Å²) in [7, 11) is 1.82. The topological polar surface area (TPSA) is 78.9 Å². The summed E-state index contributed by atoms with van der Waals surface area (Å²) in [5.41, 5.74) is 0. The zero-order valence-electron chi connectivity index (χ0n) is 13.3. The molecule has 1 rings (SSSR count). The van der Waals surface area contributed by atoms with E-state index < -0.39 is 5.97 Å². The van der Waals surface area contributed by atoms with Crippen molar-refractivity contribution >= 4 is 12.0 Å². The normalized spacial score (nSPS) is 18.8. The number of carbonyl (C=O) groups is 2. The molecule has 0 saturated carbocycles. The molecular formula is C15H28N2O4. The number of rotatable bonds is 7. The predicted octanol–water partition coefficient (Wildman–Crippen LogP) is 2.09. The van der Waals surface area contributed by atoms with Crippen molar-refractivity contribution in [1.29, 1.82) is 0 Å². The average Bonchev–Trinajstić information content (AvgIpc) is 2.46. The smallest absolute Gasteiger partial charge is 0.317 e. The van der Waals surface area contributed by atoms with E-state index in [-0.39, 0.29) is 24.0 Å². The number of carboxylic acid groups (broad SMARTS) is 1. The Morgan fingerprint density at radius 2 is 1.90 bits per heavy atom. The third-order valence-electron chi connectivity index (χ3n) is 4.12. The Labute approximate surface area is 126 Å². The minimum atomic E-state index is -0.758. The first kappa shape index (κ1) is 17.8. The molecule has 2 amide bonds. The van der Waals surface area contributed by atoms with Crippen molar-refractivity contribution in [2.45, 2.75) is 58.0 Å². The maximum Gasteiger partial charge on any atom is 0.317 e. The Hall–Kier alpha value is -1.30. The minimum absolute atomic E-state index is 0.0549. The summed E-state index contributed by atoms with van der Waals surface area (Å²) in [6, 6.07) is 0.249. The first-order chi connectivity index (χ1) is 9.91. The van der Waals surface area contributed by atoms with Crippen molar-refractivity contribution in [3.8, 4) is 0 Å². The van der Waals surface area contributed by atoms with E-state index in [9.17, 15) is 9.59 Å². The van der Waals surface area contributed by atoms with Gasteiger partial charge in [-0.3, -0.25) is 4.79 Å². The quantitative estimate of drug-likeness (QED) is 0.754. The third-order valence-corrected chi connectivity index (χ3v) is 4.12. The molecule has 1 fully saturated rings. The lowest BCUT2D eigenvalue weighted by atomic mass is 10.0. The van der Waals surface area contributed by atoms with Crippen LogP contribution < -0.4 is 5.32 Å². The van der Waals surface area contributed by atoms with E-state index in [1.807, 2.05) is 14.0 Å². The van der Waals surface area contributed by atoms with Crippen molar-refractivity contribution in [2.24, 2.45) is 5.92 Å². The molecule has 6 nitrogen and oxygen atoms in total. The number of ether oxygens (including phenoxy) is 1. The number of carboxylic acids is 1. The Bertz CT molecular complexity index is 343. The van der Waals surface area contributed by atoms with Crippen molar-refractivity contribution in [3.05, 3.63) is 0 Å². The van der Waals surface area contributed by atoms with E-state index >= 15 is 0 Å². The van der Waals surface area contributed by atoms with Crippen LogP contribution in [0.1, 0.15) is 46.0 Å². The molecule has 0 spiro atoms. The molecule has 122 valence electrons. The maximum absolute atomic E-state index is 12.1. The Balaban J connectivity index is 2.24. The van der Waals surface area contributed by atoms with Crippen LogP contribution in [0.5, 0.6) is 0 Å². The fraction of sp³-hybridized carbons (Fsp3) is 0.867. The molecule has 0 bridgehead atoms. The molecule has 0 aliphatic carbocycles. The van der Waals surface area contributed by atoms with Crippen LogP contribution in [0.3, 0.4) is 0 Å². The number of hydrogen-bond donors (Lipinski definition) is 2. The summed E-state index contributed by atoms with van der Waals surface area (Å²) < 4.78 is 5.30. The highest BCUT2D eigenvalue weighted by Gasteiger charge is 2.23. The second kappa shape index (κ2) is 8.87. The number of amides is 2. The zero-order valence-corrected chi connectivity index (χ0v) is 13.3. The summed E-state index contributed by atoms with van der Waals surface area (Å²) in [6.07, 6.45) is 4.01. The molecule has 1 aliphatic rings. The van der Waals surface area contributed by atoms with E-state index in [2.05, 4.69) is 5.32 Å². The fourth-order valence-electron chi connectivity index (χ4n) is 2.48. The van der Waals surface area contributed by atoms with Gasteiger partial charge >= 0.3 is 12.0 Å². The minimum Gasteiger partial charge on any atom is -0.481 e. The lowest BCUT2D eigenvalue weighted by molar-refractivity contribution is -0.141. The Morgan fingerprint density at radius 3 is 2.48 bits per heavy atom. The van der Waals surface area contributed by atoms with Crippen molar-refractivity contribution in [1.82, 2.24) is 10.2 Å². The van der Waals surface area contributed by atoms with Crippen LogP contribution in [-0.4, -0.2) is 54.4 Å². The van der Waals surface area contributed by atoms with Gasteiger partial charge in [-0.15, -0.1) is 0 Å². The molecular weight excluding hydrogens is 272 g/mol. The molecule has 0 aromatic carbocycles. The molecule has 2 unspecified atom stereocenters. The van der Waals surface area contributed by atoms with Crippen LogP contribution in [0.15, 0.2) is 0 Å². The van der Waals surface area contributed by atoms with Gasteiger partial charge in [-0.1, -0.05) is 13.3 Å². The van der Waals surface area contributed by atoms with Gasteiger partial charge in [0.2, 0.25) is 0 Å². The summed E-state index contributed by atoms with van der Waals surface area (Å²) in [6.45, 7) is 5.10. The van der Waals surface area contributed by atoms with E-state index in [1.165, 1.54) is 0 Å². The lowest BCUT2D eigenvalue weighted by Crippen LogP contribution is -2.48. The molecule has 1 heterocycles. The molecule has 21 heavy (non-hydrogen) atoms. The van der Waals surface area contributed by atoms with Gasteiger partial charge < -0.3 is 20.1 Å². The average molecular weight is 300 g/mol. The van der Waals surface area contributed by atoms with E-state index in [0.29, 0.717) is 19.6 Å². The number of aliphatic carboxylic acids is 1. The van der Waals surface area contributed by atoms with Crippen LogP contribution in [0, 0.1) is 5.92 Å². The second-order valence-electron chi connectivity index (χ2n) is 5.98. The highest BCUT2D eigenvalue weighted by atomic mass is 16.5. The largest absolute Gasteiger partial charge is 0.481 e. The highest BCUT2D eigenvalue weighted by molar-refractivity contribution is 5.74. The summed E-state index contributed by atoms with van der Waals surface area (Å²) in [5, 5.41) is 11.8. The van der Waals surface area contributed by atoms with Crippen LogP contribution >= 0.6 is 0 Å². The van der Waals surface area contributed by atoms with Gasteiger partial charge in [0.05, 0.1) is 5.92 Å². The van der Waals surface area contributed by atoms with E-state index in [1.54, 1.807) is 11.8 Å². The molecule has 1 saturated heterocycles. The molecule has 1 aliphatic heterocycles. The molecule has 0 aromatic rings. The number of urea groups is 1. The molecule has 0 radical (unpaired) electrons. The van der Waals surface area contributed by atoms with Gasteiger partial charge in [0.1, 0.15) is 0 Å².